The zero-order valence-electron chi connectivity index (χ0n) is 12.9. The monoisotopic (exact) mass is 288 g/mol. The molecule has 0 aliphatic carbocycles. The normalized spacial score (nSPS) is 20.6. The number of hydroxylamine groups is 1. The lowest BCUT2D eigenvalue weighted by molar-refractivity contribution is 0.0834. The van der Waals surface area contributed by atoms with E-state index in [1.807, 2.05) is 24.3 Å². The van der Waals surface area contributed by atoms with Crippen LogP contribution >= 0.6 is 0 Å². The highest BCUT2D eigenvalue weighted by Crippen LogP contribution is 2.35. The minimum absolute atomic E-state index is 0.495. The van der Waals surface area contributed by atoms with Crippen LogP contribution in [0.3, 0.4) is 0 Å². The van der Waals surface area contributed by atoms with Gasteiger partial charge in [0.15, 0.2) is 0 Å². The molecule has 21 heavy (non-hydrogen) atoms. The van der Waals surface area contributed by atoms with Crippen LogP contribution < -0.4 is 5.06 Å². The summed E-state index contributed by atoms with van der Waals surface area (Å²) in [5, 5.41) is 23.7. The largest absolute Gasteiger partial charge is 0.756 e. The second-order valence-corrected chi connectivity index (χ2v) is 5.94. The third-order valence-electron chi connectivity index (χ3n) is 4.19. The fourth-order valence-electron chi connectivity index (χ4n) is 2.84. The Hall–Kier alpha value is -1.32. The highest BCUT2D eigenvalue weighted by Gasteiger charge is 2.29. The first-order valence-corrected chi connectivity index (χ1v) is 8.15. The van der Waals surface area contributed by atoms with Gasteiger partial charge in [-0.3, -0.25) is 0 Å². The Bertz CT molecular complexity index is 472. The first-order chi connectivity index (χ1) is 10.2. The third kappa shape index (κ3) is 4.08. The van der Waals surface area contributed by atoms with Crippen molar-refractivity contribution in [3.63, 3.8) is 0 Å². The Morgan fingerprint density at radius 1 is 1.05 bits per heavy atom. The summed E-state index contributed by atoms with van der Waals surface area (Å²) in [5.74, 6) is 0. The Morgan fingerprint density at radius 2 is 1.71 bits per heavy atom. The van der Waals surface area contributed by atoms with Gasteiger partial charge in [0.25, 0.3) is 0 Å². The van der Waals surface area contributed by atoms with Gasteiger partial charge in [-0.1, -0.05) is 69.7 Å². The lowest BCUT2D eigenvalue weighted by atomic mass is 9.97. The van der Waals surface area contributed by atoms with Crippen molar-refractivity contribution in [1.29, 1.82) is 0 Å². The molecule has 1 aliphatic heterocycles. The minimum Gasteiger partial charge on any atom is -0.756 e. The number of hydrogen-bond acceptors (Lipinski definition) is 3. The van der Waals surface area contributed by atoms with Crippen molar-refractivity contribution in [2.24, 2.45) is 0 Å². The predicted molar refractivity (Wildman–Crippen MR) is 88.9 cm³/mol. The number of rotatable bonds is 8. The van der Waals surface area contributed by atoms with Crippen LogP contribution in [0, 0.1) is 5.21 Å². The third-order valence-corrected chi connectivity index (χ3v) is 4.19. The van der Waals surface area contributed by atoms with Gasteiger partial charge in [0, 0.05) is 5.69 Å². The molecule has 1 N–H and O–H groups in total. The topological polar surface area (TPSA) is 46.5 Å². The van der Waals surface area contributed by atoms with Crippen LogP contribution in [0.2, 0.25) is 0 Å². The summed E-state index contributed by atoms with van der Waals surface area (Å²) >= 11 is 0. The summed E-state index contributed by atoms with van der Waals surface area (Å²) < 4.78 is 0. The molecule has 1 heterocycles. The number of anilines is 1. The van der Waals surface area contributed by atoms with Crippen LogP contribution in [0.15, 0.2) is 30.3 Å². The van der Waals surface area contributed by atoms with Gasteiger partial charge in [-0.25, -0.2) is 0 Å². The van der Waals surface area contributed by atoms with Crippen molar-refractivity contribution in [3.05, 3.63) is 41.1 Å². The number of hydrogen-bond donors (Lipinski definition) is 1. The molecule has 3 heteroatoms. The molecule has 1 atom stereocenters. The maximum absolute atomic E-state index is 12.4. The van der Waals surface area contributed by atoms with Crippen molar-refractivity contribution in [3.8, 4) is 0 Å². The quantitative estimate of drug-likeness (QED) is 0.696. The number of aliphatic hydroxyl groups is 1. The van der Waals surface area contributed by atoms with Gasteiger partial charge in [0.05, 0.1) is 0 Å². The summed E-state index contributed by atoms with van der Waals surface area (Å²) in [4.78, 5) is 0. The van der Waals surface area contributed by atoms with E-state index in [2.05, 4.69) is 6.92 Å². The van der Waals surface area contributed by atoms with Crippen LogP contribution in [0.1, 0.15) is 63.9 Å². The molecule has 3 nitrogen and oxygen atoms in total. The summed E-state index contributed by atoms with van der Waals surface area (Å²) in [7, 11) is 0. The Kier molecular flexibility index (Phi) is 5.83. The number of nitrogens with zero attached hydrogens (tertiary/aromatic N) is 1. The maximum atomic E-state index is 12.4. The van der Waals surface area contributed by atoms with Crippen molar-refractivity contribution >= 4 is 11.8 Å². The molecule has 0 spiro atoms. The van der Waals surface area contributed by atoms with E-state index in [0.29, 0.717) is 12.1 Å². The fourth-order valence-corrected chi connectivity index (χ4v) is 2.84. The van der Waals surface area contributed by atoms with E-state index in [1.165, 1.54) is 32.1 Å². The SMILES string of the molecule is CCCCCCCCCC1(O)C=Cc2ccccc2N1[O-]. The molecule has 1 aliphatic rings. The molecule has 0 fully saturated rings. The van der Waals surface area contributed by atoms with E-state index < -0.39 is 5.72 Å². The Labute approximate surface area is 127 Å². The average molecular weight is 288 g/mol. The van der Waals surface area contributed by atoms with E-state index in [4.69, 9.17) is 0 Å². The fraction of sp³-hybridized carbons (Fsp3) is 0.556. The average Bonchev–Trinajstić information content (AvgIpc) is 2.51. The minimum atomic E-state index is -1.38. The second kappa shape index (κ2) is 7.62. The number of benzene rings is 1. The van der Waals surface area contributed by atoms with Crippen molar-refractivity contribution in [2.45, 2.75) is 64.0 Å². The summed E-state index contributed by atoms with van der Waals surface area (Å²) in [6.45, 7) is 2.21. The highest BCUT2D eigenvalue weighted by molar-refractivity contribution is 5.73. The molecule has 2 rings (SSSR count). The van der Waals surface area contributed by atoms with E-state index in [1.54, 1.807) is 12.1 Å². The van der Waals surface area contributed by atoms with Crippen LogP contribution in [0.5, 0.6) is 0 Å². The number of para-hydroxylation sites is 1. The summed E-state index contributed by atoms with van der Waals surface area (Å²) in [6, 6.07) is 7.39. The van der Waals surface area contributed by atoms with Crippen molar-refractivity contribution in [1.82, 2.24) is 0 Å². The molecule has 0 saturated heterocycles. The van der Waals surface area contributed by atoms with Crippen LogP contribution in [-0.4, -0.2) is 10.8 Å². The molecule has 0 radical (unpaired) electrons. The molecule has 1 aromatic rings. The van der Waals surface area contributed by atoms with E-state index in [9.17, 15) is 10.3 Å². The van der Waals surface area contributed by atoms with E-state index in [-0.39, 0.29) is 0 Å². The zero-order valence-corrected chi connectivity index (χ0v) is 12.9. The van der Waals surface area contributed by atoms with Crippen molar-refractivity contribution < 1.29 is 5.11 Å². The zero-order chi connectivity index (χ0) is 15.1. The maximum Gasteiger partial charge on any atom is 0.147 e. The summed E-state index contributed by atoms with van der Waals surface area (Å²) in [5.41, 5.74) is 0.0554. The predicted octanol–water partition coefficient (Wildman–Crippen LogP) is 4.85. The van der Waals surface area contributed by atoms with Crippen molar-refractivity contribution in [2.75, 3.05) is 5.06 Å². The standard InChI is InChI=1S/C18H26NO2/c1-2-3-4-5-6-7-10-14-18(20)15-13-16-11-8-9-12-17(16)19(18)21/h8-9,11-13,15,20H,2-7,10,14H2,1H3/q-1. The molecular weight excluding hydrogens is 262 g/mol. The van der Waals surface area contributed by atoms with Crippen LogP contribution in [0.25, 0.3) is 6.08 Å². The number of unbranched alkanes of at least 4 members (excludes halogenated alkanes) is 6. The van der Waals surface area contributed by atoms with Gasteiger partial charge in [-0.2, -0.15) is 0 Å². The summed E-state index contributed by atoms with van der Waals surface area (Å²) in [6.07, 6.45) is 12.2. The van der Waals surface area contributed by atoms with Gasteiger partial charge in [0.2, 0.25) is 0 Å². The molecule has 0 bridgehead atoms. The van der Waals surface area contributed by atoms with Gasteiger partial charge in [-0.15, -0.1) is 0 Å². The smallest absolute Gasteiger partial charge is 0.147 e. The highest BCUT2D eigenvalue weighted by atomic mass is 16.5. The molecule has 1 aromatic carbocycles. The van der Waals surface area contributed by atoms with Gasteiger partial charge < -0.3 is 15.4 Å². The molecule has 116 valence electrons. The first-order valence-electron chi connectivity index (χ1n) is 8.15. The van der Waals surface area contributed by atoms with Gasteiger partial charge in [0.1, 0.15) is 5.72 Å². The van der Waals surface area contributed by atoms with Crippen LogP contribution in [-0.2, 0) is 0 Å². The first kappa shape index (κ1) is 16.1. The molecule has 1 unspecified atom stereocenters. The molecule has 0 saturated carbocycles. The Balaban J connectivity index is 1.81. The number of fused-ring (bicyclic) bond motifs is 1. The lowest BCUT2D eigenvalue weighted by Crippen LogP contribution is -2.45. The molecule has 0 amide bonds. The van der Waals surface area contributed by atoms with Crippen LogP contribution in [0.4, 0.5) is 5.69 Å². The second-order valence-electron chi connectivity index (χ2n) is 5.94. The Morgan fingerprint density at radius 3 is 2.48 bits per heavy atom. The molecular formula is C18H26NO2-. The van der Waals surface area contributed by atoms with Gasteiger partial charge >= 0.3 is 0 Å². The van der Waals surface area contributed by atoms with E-state index in [0.717, 1.165) is 23.5 Å². The van der Waals surface area contributed by atoms with Gasteiger partial charge in [-0.05, 0) is 30.5 Å². The lowest BCUT2D eigenvalue weighted by Gasteiger charge is -2.47. The molecule has 0 aromatic heterocycles. The van der Waals surface area contributed by atoms with E-state index >= 15 is 0 Å².